The molecule has 0 aliphatic heterocycles. The first-order valence-electron chi connectivity index (χ1n) is 10.2. The molecule has 1 atom stereocenters. The summed E-state index contributed by atoms with van der Waals surface area (Å²) in [6.07, 6.45) is 0.0577. The summed E-state index contributed by atoms with van der Waals surface area (Å²) in [6, 6.07) is 22.2. The zero-order valence-electron chi connectivity index (χ0n) is 17.1. The molecule has 0 radical (unpaired) electrons. The van der Waals surface area contributed by atoms with Gasteiger partial charge < -0.3 is 14.6 Å². The van der Waals surface area contributed by atoms with Gasteiger partial charge in [-0.2, -0.15) is 0 Å². The van der Waals surface area contributed by atoms with E-state index < -0.39 is 6.10 Å². The van der Waals surface area contributed by atoms with Crippen molar-refractivity contribution in [2.45, 2.75) is 39.8 Å². The molecule has 0 saturated heterocycles. The van der Waals surface area contributed by atoms with Crippen molar-refractivity contribution in [3.8, 4) is 5.75 Å². The number of para-hydroxylation sites is 1. The third kappa shape index (κ3) is 3.70. The van der Waals surface area contributed by atoms with E-state index in [9.17, 15) is 4.79 Å². The minimum absolute atomic E-state index is 0.133. The molecule has 148 valence electrons. The number of nitrogens with zero attached hydrogens (tertiary/aromatic N) is 1. The number of benzene rings is 3. The van der Waals surface area contributed by atoms with Crippen molar-refractivity contribution in [3.05, 3.63) is 72.3 Å². The van der Waals surface area contributed by atoms with Crippen LogP contribution in [0.1, 0.15) is 25.8 Å². The zero-order chi connectivity index (χ0) is 20.4. The van der Waals surface area contributed by atoms with Crippen molar-refractivity contribution < 1.29 is 9.53 Å². The number of amides is 1. The smallest absolute Gasteiger partial charge is 0.265 e. The summed E-state index contributed by atoms with van der Waals surface area (Å²) in [5.74, 6) is 0.575. The van der Waals surface area contributed by atoms with Crippen LogP contribution in [0.2, 0.25) is 0 Å². The molecule has 4 rings (SSSR count). The average molecular weight is 386 g/mol. The maximum atomic E-state index is 12.8. The lowest BCUT2D eigenvalue weighted by molar-refractivity contribution is -0.122. The number of rotatable bonds is 6. The summed E-state index contributed by atoms with van der Waals surface area (Å²) in [7, 11) is 0. The standard InChI is InChI=1S/C25H26N2O2/c1-4-24(29-19-13-10-17(3)11-14-19)25(28)26-18-12-15-23-21(16-18)20-8-6-7-9-22(20)27(23)5-2/h6-16,24H,4-5H2,1-3H3,(H,26,28)/t24-/m0/s1. The van der Waals surface area contributed by atoms with Gasteiger partial charge in [0.2, 0.25) is 0 Å². The van der Waals surface area contributed by atoms with Crippen LogP contribution >= 0.6 is 0 Å². The quantitative estimate of drug-likeness (QED) is 0.447. The number of nitrogens with one attached hydrogen (secondary N) is 1. The van der Waals surface area contributed by atoms with Gasteiger partial charge in [0.05, 0.1) is 0 Å². The van der Waals surface area contributed by atoms with Crippen LogP contribution in [-0.4, -0.2) is 16.6 Å². The number of hydrogen-bond donors (Lipinski definition) is 1. The summed E-state index contributed by atoms with van der Waals surface area (Å²) in [4.78, 5) is 12.8. The van der Waals surface area contributed by atoms with Crippen LogP contribution in [0.25, 0.3) is 21.8 Å². The molecule has 1 aromatic heterocycles. The molecule has 1 amide bonds. The molecule has 0 unspecified atom stereocenters. The molecular formula is C25H26N2O2. The van der Waals surface area contributed by atoms with Gasteiger partial charge in [0.1, 0.15) is 5.75 Å². The van der Waals surface area contributed by atoms with Crippen LogP contribution in [0, 0.1) is 6.92 Å². The minimum atomic E-state index is -0.537. The van der Waals surface area contributed by atoms with Gasteiger partial charge in [-0.1, -0.05) is 42.8 Å². The molecule has 0 aliphatic carbocycles. The first kappa shape index (κ1) is 19.1. The summed E-state index contributed by atoms with van der Waals surface area (Å²) in [5, 5.41) is 5.38. The molecule has 4 heteroatoms. The lowest BCUT2D eigenvalue weighted by atomic mass is 10.1. The Bertz CT molecular complexity index is 1160. The number of aromatic nitrogens is 1. The van der Waals surface area contributed by atoms with Gasteiger partial charge in [0.25, 0.3) is 5.91 Å². The lowest BCUT2D eigenvalue weighted by Gasteiger charge is -2.17. The van der Waals surface area contributed by atoms with Crippen LogP contribution in [0.15, 0.2) is 66.7 Å². The molecular weight excluding hydrogens is 360 g/mol. The van der Waals surface area contributed by atoms with Gasteiger partial charge in [-0.25, -0.2) is 0 Å². The van der Waals surface area contributed by atoms with E-state index in [0.29, 0.717) is 12.2 Å². The van der Waals surface area contributed by atoms with Gasteiger partial charge in [-0.3, -0.25) is 4.79 Å². The second-order valence-electron chi connectivity index (χ2n) is 7.31. The van der Waals surface area contributed by atoms with E-state index in [4.69, 9.17) is 4.74 Å². The first-order valence-corrected chi connectivity index (χ1v) is 10.2. The fraction of sp³-hybridized carbons (Fsp3) is 0.240. The summed E-state index contributed by atoms with van der Waals surface area (Å²) in [5.41, 5.74) is 4.33. The fourth-order valence-electron chi connectivity index (χ4n) is 3.80. The third-order valence-corrected chi connectivity index (χ3v) is 5.32. The Morgan fingerprint density at radius 2 is 1.69 bits per heavy atom. The number of aryl methyl sites for hydroxylation is 2. The number of fused-ring (bicyclic) bond motifs is 3. The Morgan fingerprint density at radius 3 is 2.41 bits per heavy atom. The van der Waals surface area contributed by atoms with Gasteiger partial charge in [-0.05, 0) is 56.7 Å². The number of ether oxygens (including phenoxy) is 1. The summed E-state index contributed by atoms with van der Waals surface area (Å²) < 4.78 is 8.21. The first-order chi connectivity index (χ1) is 14.1. The molecule has 4 aromatic rings. The summed E-state index contributed by atoms with van der Waals surface area (Å²) >= 11 is 0. The molecule has 3 aromatic carbocycles. The Hall–Kier alpha value is -3.27. The second kappa shape index (κ2) is 8.00. The van der Waals surface area contributed by atoms with Crippen LogP contribution in [0.5, 0.6) is 5.75 Å². The predicted octanol–water partition coefficient (Wildman–Crippen LogP) is 5.92. The molecule has 4 nitrogen and oxygen atoms in total. The maximum absolute atomic E-state index is 12.8. The lowest BCUT2D eigenvalue weighted by Crippen LogP contribution is -2.32. The molecule has 0 bridgehead atoms. The molecule has 0 aliphatic rings. The van der Waals surface area contributed by atoms with Crippen LogP contribution in [0.3, 0.4) is 0 Å². The maximum Gasteiger partial charge on any atom is 0.265 e. The number of carbonyl (C=O) groups excluding carboxylic acids is 1. The topological polar surface area (TPSA) is 43.3 Å². The van der Waals surface area contributed by atoms with Crippen LogP contribution < -0.4 is 10.1 Å². The van der Waals surface area contributed by atoms with E-state index in [-0.39, 0.29) is 5.91 Å². The minimum Gasteiger partial charge on any atom is -0.481 e. The highest BCUT2D eigenvalue weighted by Gasteiger charge is 2.19. The normalized spacial score (nSPS) is 12.2. The monoisotopic (exact) mass is 386 g/mol. The molecule has 1 N–H and O–H groups in total. The number of carbonyl (C=O) groups is 1. The average Bonchev–Trinajstić information content (AvgIpc) is 3.06. The molecule has 1 heterocycles. The van der Waals surface area contributed by atoms with Crippen LogP contribution in [-0.2, 0) is 11.3 Å². The predicted molar refractivity (Wildman–Crippen MR) is 120 cm³/mol. The highest BCUT2D eigenvalue weighted by Crippen LogP contribution is 2.31. The van der Waals surface area contributed by atoms with E-state index in [1.807, 2.05) is 44.2 Å². The van der Waals surface area contributed by atoms with Gasteiger partial charge in [0, 0.05) is 34.0 Å². The number of hydrogen-bond acceptors (Lipinski definition) is 2. The van der Waals surface area contributed by atoms with Gasteiger partial charge >= 0.3 is 0 Å². The van der Waals surface area contributed by atoms with Gasteiger partial charge in [-0.15, -0.1) is 0 Å². The van der Waals surface area contributed by atoms with E-state index >= 15 is 0 Å². The molecule has 0 spiro atoms. The van der Waals surface area contributed by atoms with Crippen molar-refractivity contribution >= 4 is 33.4 Å². The highest BCUT2D eigenvalue weighted by atomic mass is 16.5. The van der Waals surface area contributed by atoms with E-state index in [1.165, 1.54) is 16.4 Å². The SMILES string of the molecule is CC[C@H](Oc1ccc(C)cc1)C(=O)Nc1ccc2c(c1)c1ccccc1n2CC. The zero-order valence-corrected chi connectivity index (χ0v) is 17.1. The van der Waals surface area contributed by atoms with Crippen molar-refractivity contribution in [2.24, 2.45) is 0 Å². The van der Waals surface area contributed by atoms with E-state index in [2.05, 4.69) is 53.2 Å². The second-order valence-corrected chi connectivity index (χ2v) is 7.31. The Morgan fingerprint density at radius 1 is 0.966 bits per heavy atom. The fourth-order valence-corrected chi connectivity index (χ4v) is 3.80. The van der Waals surface area contributed by atoms with E-state index in [0.717, 1.165) is 23.2 Å². The molecule has 0 saturated carbocycles. The Labute approximate surface area is 171 Å². The Kier molecular flexibility index (Phi) is 5.26. The molecule has 0 fully saturated rings. The Balaban J connectivity index is 1.60. The van der Waals surface area contributed by atoms with Crippen molar-refractivity contribution in [1.29, 1.82) is 0 Å². The molecule has 29 heavy (non-hydrogen) atoms. The van der Waals surface area contributed by atoms with Crippen molar-refractivity contribution in [1.82, 2.24) is 4.57 Å². The number of anilines is 1. The highest BCUT2D eigenvalue weighted by molar-refractivity contribution is 6.10. The largest absolute Gasteiger partial charge is 0.481 e. The summed E-state index contributed by atoms with van der Waals surface area (Å²) in [6.45, 7) is 7.03. The van der Waals surface area contributed by atoms with E-state index in [1.54, 1.807) is 0 Å². The van der Waals surface area contributed by atoms with Crippen molar-refractivity contribution in [3.63, 3.8) is 0 Å². The van der Waals surface area contributed by atoms with Crippen LogP contribution in [0.4, 0.5) is 5.69 Å². The van der Waals surface area contributed by atoms with Crippen molar-refractivity contribution in [2.75, 3.05) is 5.32 Å². The van der Waals surface area contributed by atoms with Gasteiger partial charge in [0.15, 0.2) is 6.10 Å². The third-order valence-electron chi connectivity index (χ3n) is 5.32.